The zero-order valence-corrected chi connectivity index (χ0v) is 30.2. The minimum absolute atomic E-state index is 0.521. The largest absolute Gasteiger partial charge is 0.416 e. The lowest BCUT2D eigenvalue weighted by molar-refractivity contribution is -0.138. The van der Waals surface area contributed by atoms with Crippen LogP contribution in [0.15, 0.2) is 146 Å². The van der Waals surface area contributed by atoms with Crippen molar-refractivity contribution in [1.82, 2.24) is 0 Å². The lowest BCUT2D eigenvalue weighted by Gasteiger charge is -2.28. The highest BCUT2D eigenvalue weighted by molar-refractivity contribution is 7.93. The maximum absolute atomic E-state index is 13.5. The molecular formula is C44H34F6P2. The van der Waals surface area contributed by atoms with Gasteiger partial charge in [0.15, 0.2) is 0 Å². The SMILES string of the molecule is C=P(c1ccc(C)cc1)(c1ccc(C)cc1)c1ccc2c(ccc3cc(P(=C)(c4ccc(C(F)(F)F)cc4)c4ccc(C(F)(F)F)cc4)ccc32)c1. The summed E-state index contributed by atoms with van der Waals surface area (Å²) in [5.74, 6) is 0. The summed E-state index contributed by atoms with van der Waals surface area (Å²) in [5.41, 5.74) is 0.735. The van der Waals surface area contributed by atoms with Crippen LogP contribution in [0.3, 0.4) is 0 Å². The van der Waals surface area contributed by atoms with Gasteiger partial charge in [-0.05, 0) is 117 Å². The predicted octanol–water partition coefficient (Wildman–Crippen LogP) is 10.1. The number of alkyl halides is 6. The molecule has 0 N–H and O–H groups in total. The zero-order valence-electron chi connectivity index (χ0n) is 28.4. The lowest BCUT2D eigenvalue weighted by Crippen LogP contribution is -2.26. The van der Waals surface area contributed by atoms with Crippen molar-refractivity contribution in [3.05, 3.63) is 168 Å². The van der Waals surface area contributed by atoms with Crippen LogP contribution in [0.5, 0.6) is 0 Å². The van der Waals surface area contributed by atoms with Gasteiger partial charge in [-0.2, -0.15) is 26.3 Å². The third-order valence-electron chi connectivity index (χ3n) is 9.90. The first-order valence-corrected chi connectivity index (χ1v) is 20.5. The molecule has 0 fully saturated rings. The Kier molecular flexibility index (Phi) is 8.93. The van der Waals surface area contributed by atoms with Gasteiger partial charge >= 0.3 is 12.4 Å². The molecule has 0 atom stereocenters. The maximum atomic E-state index is 13.5. The Bertz CT molecular complexity index is 2420. The highest BCUT2D eigenvalue weighted by Crippen LogP contribution is 2.45. The molecule has 0 aliphatic carbocycles. The summed E-state index contributed by atoms with van der Waals surface area (Å²) in [6.07, 6.45) is 0.445. The van der Waals surface area contributed by atoms with Crippen LogP contribution in [-0.4, -0.2) is 12.6 Å². The fourth-order valence-corrected chi connectivity index (χ4v) is 12.6. The molecule has 7 rings (SSSR count). The van der Waals surface area contributed by atoms with E-state index in [2.05, 4.69) is 92.9 Å². The summed E-state index contributed by atoms with van der Waals surface area (Å²) in [6, 6.07) is 43.2. The fourth-order valence-electron chi connectivity index (χ4n) is 6.82. The van der Waals surface area contributed by atoms with Crippen LogP contribution in [0.4, 0.5) is 26.3 Å². The van der Waals surface area contributed by atoms with Gasteiger partial charge in [-0.15, -0.1) is 0 Å². The second-order valence-corrected chi connectivity index (χ2v) is 19.6. The van der Waals surface area contributed by atoms with Gasteiger partial charge in [-0.25, -0.2) is 0 Å². The third kappa shape index (κ3) is 6.33. The minimum atomic E-state index is -4.53. The summed E-state index contributed by atoms with van der Waals surface area (Å²) >= 11 is 0. The van der Waals surface area contributed by atoms with E-state index < -0.39 is 37.3 Å². The normalized spacial score (nSPS) is 12.8. The smallest absolute Gasteiger partial charge is 0.166 e. The van der Waals surface area contributed by atoms with Gasteiger partial charge < -0.3 is 0 Å². The van der Waals surface area contributed by atoms with Gasteiger partial charge in [-0.3, -0.25) is 0 Å². The van der Waals surface area contributed by atoms with Crippen molar-refractivity contribution >= 4 is 79.7 Å². The van der Waals surface area contributed by atoms with Crippen molar-refractivity contribution in [1.29, 1.82) is 0 Å². The molecule has 0 aliphatic rings. The first-order valence-electron chi connectivity index (χ1n) is 16.5. The minimum Gasteiger partial charge on any atom is -0.166 e. The van der Waals surface area contributed by atoms with Gasteiger partial charge in [-0.1, -0.05) is 133 Å². The Labute approximate surface area is 299 Å². The van der Waals surface area contributed by atoms with Crippen molar-refractivity contribution in [3.8, 4) is 0 Å². The van der Waals surface area contributed by atoms with Crippen LogP contribution in [0.2, 0.25) is 0 Å². The van der Waals surface area contributed by atoms with Crippen LogP contribution in [-0.2, 0) is 12.4 Å². The molecule has 8 heteroatoms. The van der Waals surface area contributed by atoms with E-state index in [0.29, 0.717) is 10.6 Å². The molecule has 0 unspecified atom stereocenters. The van der Waals surface area contributed by atoms with Crippen molar-refractivity contribution in [3.63, 3.8) is 0 Å². The van der Waals surface area contributed by atoms with E-state index in [1.807, 2.05) is 24.3 Å². The van der Waals surface area contributed by atoms with Crippen molar-refractivity contribution < 1.29 is 26.3 Å². The standard InChI is InChI=1S/C44H34F6P2/c1-29-5-15-35(16-6-29)51(3,36-17-7-30(2)8-18-36)39-23-25-41-31(27-39)9-10-32-28-40(24-26-42(32)41)52(4,37-19-11-33(12-20-37)43(45,46)47)38-21-13-34(14-22-38)44(48,49)50/h5-28H,3-4H2,1-2H3. The average molecular weight is 739 g/mol. The first-order chi connectivity index (χ1) is 24.6. The zero-order chi connectivity index (χ0) is 37.1. The molecule has 262 valence electrons. The fraction of sp³-hybridized carbons (Fsp3) is 0.0909. The number of aryl methyl sites for hydroxylation is 2. The molecule has 7 aromatic rings. The summed E-state index contributed by atoms with van der Waals surface area (Å²) in [5, 5.41) is 9.17. The third-order valence-corrected chi connectivity index (χ3v) is 16.9. The highest BCUT2D eigenvalue weighted by Gasteiger charge is 2.33. The Morgan fingerprint density at radius 3 is 0.923 bits per heavy atom. The lowest BCUT2D eigenvalue weighted by atomic mass is 10.0. The number of benzene rings is 7. The van der Waals surface area contributed by atoms with Gasteiger partial charge in [0.25, 0.3) is 0 Å². The molecule has 0 aromatic heterocycles. The average Bonchev–Trinajstić information content (AvgIpc) is 3.13. The van der Waals surface area contributed by atoms with E-state index >= 15 is 0 Å². The molecule has 0 radical (unpaired) electrons. The van der Waals surface area contributed by atoms with Crippen LogP contribution in [0.25, 0.3) is 21.5 Å². The van der Waals surface area contributed by atoms with Crippen molar-refractivity contribution in [2.24, 2.45) is 0 Å². The van der Waals surface area contributed by atoms with E-state index in [4.69, 9.17) is 6.30 Å². The Balaban J connectivity index is 1.37. The number of halogens is 6. The number of rotatable bonds is 6. The van der Waals surface area contributed by atoms with E-state index in [0.717, 1.165) is 56.4 Å². The van der Waals surface area contributed by atoms with Crippen LogP contribution in [0, 0.1) is 13.8 Å². The quantitative estimate of drug-likeness (QED) is 0.0906. The van der Waals surface area contributed by atoms with Crippen LogP contribution < -0.4 is 31.8 Å². The van der Waals surface area contributed by atoms with Crippen molar-refractivity contribution in [2.75, 3.05) is 0 Å². The van der Waals surface area contributed by atoms with Gasteiger partial charge in [0, 0.05) is 0 Å². The van der Waals surface area contributed by atoms with Gasteiger partial charge in [0.05, 0.1) is 11.1 Å². The molecule has 52 heavy (non-hydrogen) atoms. The molecular weight excluding hydrogens is 704 g/mol. The summed E-state index contributed by atoms with van der Waals surface area (Å²) < 4.78 is 81.0. The number of hydrogen-bond donors (Lipinski definition) is 0. The maximum Gasteiger partial charge on any atom is 0.416 e. The second-order valence-electron chi connectivity index (χ2n) is 13.3. The first kappa shape index (κ1) is 35.6. The van der Waals surface area contributed by atoms with Gasteiger partial charge in [0.1, 0.15) is 0 Å². The molecule has 0 heterocycles. The second kappa shape index (κ2) is 13.0. The Hall–Kier alpha value is -4.76. The number of hydrogen-bond acceptors (Lipinski definition) is 0. The topological polar surface area (TPSA) is 0 Å². The Morgan fingerprint density at radius 2 is 0.635 bits per heavy atom. The molecule has 0 amide bonds. The van der Waals surface area contributed by atoms with Gasteiger partial charge in [0.2, 0.25) is 0 Å². The van der Waals surface area contributed by atoms with Crippen molar-refractivity contribution in [2.45, 2.75) is 26.2 Å². The molecule has 0 spiro atoms. The molecule has 0 saturated heterocycles. The van der Waals surface area contributed by atoms with E-state index in [1.165, 1.54) is 46.0 Å². The summed E-state index contributed by atoms with van der Waals surface area (Å²) in [4.78, 5) is 0. The molecule has 0 nitrogen and oxygen atoms in total. The van der Waals surface area contributed by atoms with E-state index in [1.54, 1.807) is 0 Å². The van der Waals surface area contributed by atoms with E-state index in [-0.39, 0.29) is 0 Å². The monoisotopic (exact) mass is 738 g/mol. The number of fused-ring (bicyclic) bond motifs is 3. The predicted molar refractivity (Wildman–Crippen MR) is 213 cm³/mol. The van der Waals surface area contributed by atoms with E-state index in [9.17, 15) is 26.3 Å². The molecule has 0 aliphatic heterocycles. The summed E-state index contributed by atoms with van der Waals surface area (Å²) in [7, 11) is 0. The molecule has 7 aromatic carbocycles. The molecule has 0 saturated carbocycles. The molecule has 0 bridgehead atoms. The highest BCUT2D eigenvalue weighted by atomic mass is 31.2. The Morgan fingerprint density at radius 1 is 0.365 bits per heavy atom. The van der Waals surface area contributed by atoms with Crippen LogP contribution >= 0.6 is 13.8 Å². The van der Waals surface area contributed by atoms with Crippen LogP contribution in [0.1, 0.15) is 22.3 Å². The summed E-state index contributed by atoms with van der Waals surface area (Å²) in [6.45, 7) is -1.04.